The highest BCUT2D eigenvalue weighted by atomic mass is 16.3. The van der Waals surface area contributed by atoms with Gasteiger partial charge in [0, 0.05) is 43.1 Å². The number of rotatable bonds is 6. The third-order valence-corrected chi connectivity index (χ3v) is 5.58. The molecule has 0 radical (unpaired) electrons. The third kappa shape index (κ3) is 4.71. The molecule has 1 saturated heterocycles. The summed E-state index contributed by atoms with van der Waals surface area (Å²) < 4.78 is 5.52. The number of amides is 1. The normalized spacial score (nSPS) is 14.7. The maximum absolute atomic E-state index is 12.5. The molecule has 0 unspecified atom stereocenters. The van der Waals surface area contributed by atoms with Crippen molar-refractivity contribution in [2.45, 2.75) is 20.3 Å². The molecule has 3 aromatic rings. The van der Waals surface area contributed by atoms with Crippen molar-refractivity contribution in [2.75, 3.05) is 42.9 Å². The Morgan fingerprint density at radius 1 is 1.10 bits per heavy atom. The number of nitrogens with zero attached hydrogens (tertiary/aromatic N) is 3. The van der Waals surface area contributed by atoms with Crippen LogP contribution < -0.4 is 10.2 Å². The fourth-order valence-electron chi connectivity index (χ4n) is 3.77. The van der Waals surface area contributed by atoms with Crippen LogP contribution in [0, 0.1) is 6.92 Å². The zero-order valence-electron chi connectivity index (χ0n) is 17.6. The number of anilines is 2. The molecule has 1 N–H and O–H groups in total. The van der Waals surface area contributed by atoms with Crippen molar-refractivity contribution < 1.29 is 9.21 Å². The average molecular weight is 405 g/mol. The van der Waals surface area contributed by atoms with E-state index in [1.807, 2.05) is 43.3 Å². The first-order valence-corrected chi connectivity index (χ1v) is 10.5. The van der Waals surface area contributed by atoms with Crippen LogP contribution in [0.1, 0.15) is 18.2 Å². The number of carbonyl (C=O) groups excluding carboxylic acids is 1. The molecular formula is C24H28N4O2. The Hall–Kier alpha value is -3.12. The molecule has 1 aliphatic heterocycles. The minimum Gasteiger partial charge on any atom is -0.444 e. The van der Waals surface area contributed by atoms with Crippen LogP contribution in [0.25, 0.3) is 11.5 Å². The second-order valence-corrected chi connectivity index (χ2v) is 7.66. The monoisotopic (exact) mass is 404 g/mol. The molecule has 4 rings (SSSR count). The van der Waals surface area contributed by atoms with E-state index < -0.39 is 0 Å². The van der Waals surface area contributed by atoms with Gasteiger partial charge in [0.2, 0.25) is 11.8 Å². The molecule has 2 heterocycles. The van der Waals surface area contributed by atoms with Crippen molar-refractivity contribution >= 4 is 17.3 Å². The van der Waals surface area contributed by atoms with Crippen LogP contribution in [0.5, 0.6) is 0 Å². The van der Waals surface area contributed by atoms with Gasteiger partial charge in [-0.3, -0.25) is 4.79 Å². The highest BCUT2D eigenvalue weighted by Gasteiger charge is 2.17. The van der Waals surface area contributed by atoms with E-state index in [0.29, 0.717) is 11.6 Å². The number of aryl methyl sites for hydroxylation is 1. The summed E-state index contributed by atoms with van der Waals surface area (Å²) in [7, 11) is 0. The van der Waals surface area contributed by atoms with Gasteiger partial charge in [-0.15, -0.1) is 0 Å². The molecule has 1 fully saturated rings. The summed E-state index contributed by atoms with van der Waals surface area (Å²) in [6.45, 7) is 9.61. The van der Waals surface area contributed by atoms with E-state index in [1.165, 1.54) is 5.69 Å². The molecule has 6 heteroatoms. The Kier molecular flexibility index (Phi) is 6.14. The predicted octanol–water partition coefficient (Wildman–Crippen LogP) is 3.97. The summed E-state index contributed by atoms with van der Waals surface area (Å²) in [6.07, 6.45) is 1.73. The molecule has 30 heavy (non-hydrogen) atoms. The van der Waals surface area contributed by atoms with Crippen molar-refractivity contribution in [3.8, 4) is 11.5 Å². The van der Waals surface area contributed by atoms with Crippen molar-refractivity contribution in [1.29, 1.82) is 0 Å². The molecule has 0 saturated carbocycles. The van der Waals surface area contributed by atoms with Crippen molar-refractivity contribution in [1.82, 2.24) is 9.88 Å². The summed E-state index contributed by atoms with van der Waals surface area (Å²) in [5.41, 5.74) is 4.63. The average Bonchev–Trinajstić information content (AvgIpc) is 3.24. The van der Waals surface area contributed by atoms with Crippen LogP contribution >= 0.6 is 0 Å². The number of oxazole rings is 1. The van der Waals surface area contributed by atoms with Crippen molar-refractivity contribution in [3.63, 3.8) is 0 Å². The second-order valence-electron chi connectivity index (χ2n) is 7.66. The van der Waals surface area contributed by atoms with Crippen LogP contribution in [0.4, 0.5) is 11.4 Å². The number of hydrogen-bond donors (Lipinski definition) is 1. The van der Waals surface area contributed by atoms with E-state index in [-0.39, 0.29) is 12.3 Å². The van der Waals surface area contributed by atoms with Gasteiger partial charge < -0.3 is 19.5 Å². The van der Waals surface area contributed by atoms with Gasteiger partial charge in [0.25, 0.3) is 0 Å². The van der Waals surface area contributed by atoms with E-state index in [2.05, 4.69) is 39.2 Å². The summed E-state index contributed by atoms with van der Waals surface area (Å²) >= 11 is 0. The van der Waals surface area contributed by atoms with Gasteiger partial charge >= 0.3 is 0 Å². The molecule has 0 aliphatic carbocycles. The molecule has 156 valence electrons. The molecule has 0 atom stereocenters. The quantitative estimate of drug-likeness (QED) is 0.674. The minimum atomic E-state index is -0.102. The van der Waals surface area contributed by atoms with E-state index in [9.17, 15) is 4.79 Å². The highest BCUT2D eigenvalue weighted by Crippen LogP contribution is 2.24. The summed E-state index contributed by atoms with van der Waals surface area (Å²) in [5.74, 6) is 0.428. The maximum atomic E-state index is 12.5. The zero-order chi connectivity index (χ0) is 20.9. The van der Waals surface area contributed by atoms with Crippen LogP contribution in [-0.4, -0.2) is 48.5 Å². The molecular weight excluding hydrogens is 376 g/mol. The summed E-state index contributed by atoms with van der Waals surface area (Å²) in [6, 6.07) is 15.9. The molecule has 0 bridgehead atoms. The molecule has 6 nitrogen and oxygen atoms in total. The lowest BCUT2D eigenvalue weighted by atomic mass is 10.1. The van der Waals surface area contributed by atoms with Gasteiger partial charge in [-0.05, 0) is 49.4 Å². The topological polar surface area (TPSA) is 61.6 Å². The lowest BCUT2D eigenvalue weighted by Crippen LogP contribution is -2.46. The molecule has 1 aliphatic rings. The highest BCUT2D eigenvalue weighted by molar-refractivity contribution is 5.93. The van der Waals surface area contributed by atoms with Crippen molar-refractivity contribution in [2.24, 2.45) is 0 Å². The van der Waals surface area contributed by atoms with Gasteiger partial charge in [-0.1, -0.05) is 25.1 Å². The molecule has 2 aromatic carbocycles. The van der Waals surface area contributed by atoms with Gasteiger partial charge in [-0.25, -0.2) is 4.98 Å². The zero-order valence-corrected chi connectivity index (χ0v) is 17.6. The van der Waals surface area contributed by atoms with Gasteiger partial charge in [0.05, 0.1) is 12.1 Å². The first kappa shape index (κ1) is 20.2. The Morgan fingerprint density at radius 2 is 1.87 bits per heavy atom. The summed E-state index contributed by atoms with van der Waals surface area (Å²) in [4.78, 5) is 21.8. The smallest absolute Gasteiger partial charge is 0.230 e. The molecule has 0 spiro atoms. The van der Waals surface area contributed by atoms with Crippen LogP contribution in [0.3, 0.4) is 0 Å². The molecule has 1 amide bonds. The van der Waals surface area contributed by atoms with E-state index in [4.69, 9.17) is 4.42 Å². The summed E-state index contributed by atoms with van der Waals surface area (Å²) in [5, 5.41) is 3.01. The maximum Gasteiger partial charge on any atom is 0.230 e. The Labute approximate surface area is 177 Å². The Balaban J connectivity index is 1.36. The van der Waals surface area contributed by atoms with Gasteiger partial charge in [-0.2, -0.15) is 0 Å². The van der Waals surface area contributed by atoms with Crippen molar-refractivity contribution in [3.05, 3.63) is 66.1 Å². The lowest BCUT2D eigenvalue weighted by molar-refractivity contribution is -0.115. The SMILES string of the molecule is CCN1CCN(c2ccc(NC(=O)Cc3coc(-c4ccccc4)n3)c(C)c2)CC1. The van der Waals surface area contributed by atoms with E-state index >= 15 is 0 Å². The Morgan fingerprint density at radius 3 is 2.57 bits per heavy atom. The minimum absolute atomic E-state index is 0.102. The standard InChI is InChI=1S/C24H28N4O2/c1-3-27-11-13-28(14-12-27)21-9-10-22(18(2)15-21)26-23(29)16-20-17-30-24(25-20)19-7-5-4-6-8-19/h4-10,15,17H,3,11-14,16H2,1-2H3,(H,26,29). The number of aromatic nitrogens is 1. The number of hydrogen-bond acceptors (Lipinski definition) is 5. The number of benzene rings is 2. The van der Waals surface area contributed by atoms with Crippen LogP contribution in [0.2, 0.25) is 0 Å². The fraction of sp³-hybridized carbons (Fsp3) is 0.333. The third-order valence-electron chi connectivity index (χ3n) is 5.58. The Bertz CT molecular complexity index is 991. The number of carbonyl (C=O) groups is 1. The number of likely N-dealkylation sites (N-methyl/N-ethyl adjacent to an activating group) is 1. The van der Waals surface area contributed by atoms with E-state index in [1.54, 1.807) is 6.26 Å². The van der Waals surface area contributed by atoms with E-state index in [0.717, 1.165) is 49.5 Å². The lowest BCUT2D eigenvalue weighted by Gasteiger charge is -2.35. The first-order chi connectivity index (χ1) is 14.6. The first-order valence-electron chi connectivity index (χ1n) is 10.5. The van der Waals surface area contributed by atoms with Crippen LogP contribution in [-0.2, 0) is 11.2 Å². The van der Waals surface area contributed by atoms with Crippen LogP contribution in [0.15, 0.2) is 59.2 Å². The molecule has 1 aromatic heterocycles. The van der Waals surface area contributed by atoms with Gasteiger partial charge in [0.1, 0.15) is 6.26 Å². The number of piperazine rings is 1. The van der Waals surface area contributed by atoms with Gasteiger partial charge in [0.15, 0.2) is 0 Å². The number of nitrogens with one attached hydrogen (secondary N) is 1. The largest absolute Gasteiger partial charge is 0.444 e. The fourth-order valence-corrected chi connectivity index (χ4v) is 3.77. The predicted molar refractivity (Wildman–Crippen MR) is 120 cm³/mol. The second kappa shape index (κ2) is 9.13.